The van der Waals surface area contributed by atoms with Crippen molar-refractivity contribution in [2.45, 2.75) is 71.0 Å². The number of hydrazone groups is 1. The van der Waals surface area contributed by atoms with E-state index in [1.54, 1.807) is 0 Å². The van der Waals surface area contributed by atoms with E-state index in [0.29, 0.717) is 0 Å². The smallest absolute Gasteiger partial charge is 0.403 e. The van der Waals surface area contributed by atoms with Crippen LogP contribution in [0.4, 0.5) is 0 Å². The molecule has 0 spiro atoms. The summed E-state index contributed by atoms with van der Waals surface area (Å²) >= 11 is 0. The van der Waals surface area contributed by atoms with Gasteiger partial charge in [0.2, 0.25) is 0 Å². The molecule has 2 rings (SSSR count). The first-order valence-corrected chi connectivity index (χ1v) is 6.70. The first kappa shape index (κ1) is 13.9. The van der Waals surface area contributed by atoms with Crippen molar-refractivity contribution in [2.75, 3.05) is 6.54 Å². The summed E-state index contributed by atoms with van der Waals surface area (Å²) in [6.45, 7) is 15.7. The molecule has 0 aromatic heterocycles. The molecule has 0 radical (unpaired) electrons. The summed E-state index contributed by atoms with van der Waals surface area (Å²) in [4.78, 5) is 0. The minimum absolute atomic E-state index is 0.0505. The van der Waals surface area contributed by atoms with E-state index in [0.717, 1.165) is 6.54 Å². The molecule has 0 N–H and O–H groups in total. The Kier molecular flexibility index (Phi) is 3.06. The van der Waals surface area contributed by atoms with Gasteiger partial charge in [-0.1, -0.05) is 0 Å². The van der Waals surface area contributed by atoms with E-state index in [-0.39, 0.29) is 29.7 Å². The molecule has 2 aliphatic rings. The Morgan fingerprint density at radius 1 is 1.17 bits per heavy atom. The molecule has 4 nitrogen and oxygen atoms in total. The van der Waals surface area contributed by atoms with Crippen LogP contribution in [0.2, 0.25) is 5.82 Å². The minimum Gasteiger partial charge on any atom is -0.403 e. The summed E-state index contributed by atoms with van der Waals surface area (Å²) in [6, 6.07) is 0. The van der Waals surface area contributed by atoms with Gasteiger partial charge in [-0.3, -0.25) is 5.01 Å². The van der Waals surface area contributed by atoms with E-state index in [9.17, 15) is 0 Å². The second kappa shape index (κ2) is 3.97. The second-order valence-electron chi connectivity index (χ2n) is 7.31. The lowest BCUT2D eigenvalue weighted by Gasteiger charge is -2.32. The number of hydrogen-bond acceptors (Lipinski definition) is 4. The van der Waals surface area contributed by atoms with Gasteiger partial charge in [-0.05, 0) is 48.5 Å². The highest BCUT2D eigenvalue weighted by molar-refractivity contribution is 6.52. The summed E-state index contributed by atoms with van der Waals surface area (Å²) < 4.78 is 12.1. The lowest BCUT2D eigenvalue weighted by molar-refractivity contribution is 0.00578. The zero-order chi connectivity index (χ0) is 13.8. The van der Waals surface area contributed by atoms with Crippen LogP contribution in [-0.2, 0) is 9.31 Å². The number of hydrogen-bond donors (Lipinski definition) is 0. The van der Waals surface area contributed by atoms with Crippen molar-refractivity contribution >= 4 is 13.3 Å². The van der Waals surface area contributed by atoms with Crippen LogP contribution >= 0.6 is 0 Å². The monoisotopic (exact) mass is 252 g/mol. The number of rotatable bonds is 1. The third-order valence-corrected chi connectivity index (χ3v) is 4.18. The van der Waals surface area contributed by atoms with Crippen LogP contribution in [0.1, 0.15) is 48.5 Å². The quantitative estimate of drug-likeness (QED) is 0.672. The summed E-state index contributed by atoms with van der Waals surface area (Å²) in [7, 11) is -0.189. The standard InChI is InChI=1S/C13H25BN2O2/c1-11(2,3)16-9-10(8-15-16)14-17-12(4,5)13(6,7)18-14/h8,10H,9H2,1-7H3. The molecule has 18 heavy (non-hydrogen) atoms. The van der Waals surface area contributed by atoms with E-state index in [2.05, 4.69) is 58.6 Å². The minimum atomic E-state index is -0.263. The average Bonchev–Trinajstić information content (AvgIpc) is 2.69. The zero-order valence-electron chi connectivity index (χ0n) is 12.7. The van der Waals surface area contributed by atoms with E-state index in [1.165, 1.54) is 0 Å². The third-order valence-electron chi connectivity index (χ3n) is 4.18. The molecular formula is C13H25BN2O2. The van der Waals surface area contributed by atoms with Crippen molar-refractivity contribution in [1.82, 2.24) is 5.01 Å². The maximum atomic E-state index is 6.07. The fraction of sp³-hybridized carbons (Fsp3) is 0.923. The fourth-order valence-electron chi connectivity index (χ4n) is 2.13. The predicted molar refractivity (Wildman–Crippen MR) is 74.8 cm³/mol. The average molecular weight is 252 g/mol. The third kappa shape index (κ3) is 2.30. The highest BCUT2D eigenvalue weighted by Gasteiger charge is 2.54. The largest absolute Gasteiger partial charge is 0.468 e. The van der Waals surface area contributed by atoms with Gasteiger partial charge in [-0.2, -0.15) is 5.10 Å². The molecule has 0 aromatic carbocycles. The molecule has 1 saturated heterocycles. The Balaban J connectivity index is 2.04. The molecule has 1 unspecified atom stereocenters. The van der Waals surface area contributed by atoms with Crippen molar-refractivity contribution in [3.8, 4) is 0 Å². The van der Waals surface area contributed by atoms with Crippen LogP contribution in [0.5, 0.6) is 0 Å². The van der Waals surface area contributed by atoms with E-state index < -0.39 is 0 Å². The topological polar surface area (TPSA) is 34.1 Å². The number of nitrogens with zero attached hydrogens (tertiary/aromatic N) is 2. The van der Waals surface area contributed by atoms with Crippen molar-refractivity contribution < 1.29 is 9.31 Å². The molecule has 0 aromatic rings. The van der Waals surface area contributed by atoms with Crippen molar-refractivity contribution in [1.29, 1.82) is 0 Å². The normalized spacial score (nSPS) is 30.3. The summed E-state index contributed by atoms with van der Waals surface area (Å²) in [5.74, 6) is 0.213. The van der Waals surface area contributed by atoms with Crippen LogP contribution < -0.4 is 0 Å². The zero-order valence-corrected chi connectivity index (χ0v) is 12.7. The lowest BCUT2D eigenvalue weighted by atomic mass is 9.72. The second-order valence-corrected chi connectivity index (χ2v) is 7.31. The van der Waals surface area contributed by atoms with Gasteiger partial charge in [0, 0.05) is 18.3 Å². The molecule has 0 bridgehead atoms. The fourth-order valence-corrected chi connectivity index (χ4v) is 2.13. The Hall–Kier alpha value is -0.545. The van der Waals surface area contributed by atoms with Crippen LogP contribution in [0.25, 0.3) is 0 Å². The van der Waals surface area contributed by atoms with Gasteiger partial charge in [0.25, 0.3) is 0 Å². The van der Waals surface area contributed by atoms with E-state index in [4.69, 9.17) is 9.31 Å². The van der Waals surface area contributed by atoms with Crippen molar-refractivity contribution in [3.05, 3.63) is 0 Å². The van der Waals surface area contributed by atoms with Gasteiger partial charge in [0.1, 0.15) is 0 Å². The molecule has 2 heterocycles. The summed E-state index contributed by atoms with van der Waals surface area (Å²) in [5, 5.41) is 6.58. The summed E-state index contributed by atoms with van der Waals surface area (Å²) in [5.41, 5.74) is -0.476. The van der Waals surface area contributed by atoms with Gasteiger partial charge < -0.3 is 9.31 Å². The molecule has 5 heteroatoms. The molecule has 0 saturated carbocycles. The van der Waals surface area contributed by atoms with Gasteiger partial charge in [-0.25, -0.2) is 0 Å². The van der Waals surface area contributed by atoms with Crippen LogP contribution in [0.15, 0.2) is 5.10 Å². The Bertz CT molecular complexity index is 344. The van der Waals surface area contributed by atoms with Gasteiger partial charge in [-0.15, -0.1) is 0 Å². The molecule has 1 fully saturated rings. The molecule has 1 atom stereocenters. The SMILES string of the molecule is CC(C)(C)N1CC(B2OC(C)(C)C(C)(C)O2)C=N1. The Morgan fingerprint density at radius 3 is 2.06 bits per heavy atom. The highest BCUT2D eigenvalue weighted by atomic mass is 16.7. The molecule has 102 valence electrons. The van der Waals surface area contributed by atoms with Crippen LogP contribution in [0, 0.1) is 0 Å². The highest BCUT2D eigenvalue weighted by Crippen LogP contribution is 2.40. The van der Waals surface area contributed by atoms with E-state index in [1.807, 2.05) is 6.21 Å². The Labute approximate surface area is 111 Å². The van der Waals surface area contributed by atoms with Gasteiger partial charge in [0.15, 0.2) is 0 Å². The first-order chi connectivity index (χ1) is 8.03. The van der Waals surface area contributed by atoms with Crippen molar-refractivity contribution in [3.63, 3.8) is 0 Å². The van der Waals surface area contributed by atoms with E-state index >= 15 is 0 Å². The predicted octanol–water partition coefficient (Wildman–Crippen LogP) is 2.55. The Morgan fingerprint density at radius 2 is 1.67 bits per heavy atom. The molecule has 0 amide bonds. The van der Waals surface area contributed by atoms with Gasteiger partial charge in [0.05, 0.1) is 17.0 Å². The lowest BCUT2D eigenvalue weighted by Crippen LogP contribution is -2.41. The molecule has 2 aliphatic heterocycles. The van der Waals surface area contributed by atoms with Gasteiger partial charge >= 0.3 is 7.12 Å². The summed E-state index contributed by atoms with van der Waals surface area (Å²) in [6.07, 6.45) is 1.97. The maximum Gasteiger partial charge on any atom is 0.468 e. The van der Waals surface area contributed by atoms with Crippen LogP contribution in [0.3, 0.4) is 0 Å². The van der Waals surface area contributed by atoms with Crippen LogP contribution in [-0.4, -0.2) is 41.6 Å². The molecular weight excluding hydrogens is 227 g/mol. The van der Waals surface area contributed by atoms with Crippen molar-refractivity contribution in [2.24, 2.45) is 5.10 Å². The first-order valence-electron chi connectivity index (χ1n) is 6.70. The molecule has 0 aliphatic carbocycles. The maximum absolute atomic E-state index is 6.07.